The largest absolute Gasteiger partial charge is 0.349 e. The van der Waals surface area contributed by atoms with Crippen LogP contribution in [-0.4, -0.2) is 26.4 Å². The highest BCUT2D eigenvalue weighted by molar-refractivity contribution is 7.99. The van der Waals surface area contributed by atoms with Gasteiger partial charge in [0.05, 0.1) is 11.8 Å². The second kappa shape index (κ2) is 7.64. The summed E-state index contributed by atoms with van der Waals surface area (Å²) >= 11 is 1.46. The number of carbonyl (C=O) groups is 1. The monoisotopic (exact) mass is 330 g/mol. The van der Waals surface area contributed by atoms with E-state index in [4.69, 9.17) is 0 Å². The van der Waals surface area contributed by atoms with Gasteiger partial charge < -0.3 is 9.88 Å². The normalized spacial score (nSPS) is 15.3. The Morgan fingerprint density at radius 2 is 2.17 bits per heavy atom. The molecule has 122 valence electrons. The lowest BCUT2D eigenvalue weighted by Crippen LogP contribution is -2.30. The SMILES string of the molecule is CCCC(NC(=O)CSc1nncn1C1CC1)c1ccccc1. The van der Waals surface area contributed by atoms with Crippen LogP contribution >= 0.6 is 11.8 Å². The Bertz CT molecular complexity index is 639. The standard InChI is InChI=1S/C17H22N4OS/c1-2-6-15(13-7-4-3-5-8-13)19-16(22)11-23-17-20-18-12-21(17)14-9-10-14/h3-5,7-8,12,14-15H,2,6,9-11H2,1H3,(H,19,22). The molecule has 1 aliphatic rings. The summed E-state index contributed by atoms with van der Waals surface area (Å²) in [6.07, 6.45) is 6.11. The van der Waals surface area contributed by atoms with Crippen LogP contribution in [0.15, 0.2) is 41.8 Å². The van der Waals surface area contributed by atoms with Crippen molar-refractivity contribution in [2.75, 3.05) is 5.75 Å². The van der Waals surface area contributed by atoms with E-state index < -0.39 is 0 Å². The Morgan fingerprint density at radius 3 is 2.87 bits per heavy atom. The molecule has 1 fully saturated rings. The highest BCUT2D eigenvalue weighted by Crippen LogP contribution is 2.37. The summed E-state index contributed by atoms with van der Waals surface area (Å²) in [5, 5.41) is 12.1. The van der Waals surface area contributed by atoms with Crippen molar-refractivity contribution in [2.45, 2.75) is 49.8 Å². The lowest BCUT2D eigenvalue weighted by atomic mass is 10.0. The molecule has 6 heteroatoms. The van der Waals surface area contributed by atoms with E-state index >= 15 is 0 Å². The Kier molecular flexibility index (Phi) is 5.33. The van der Waals surface area contributed by atoms with E-state index in [0.717, 1.165) is 23.6 Å². The van der Waals surface area contributed by atoms with E-state index in [2.05, 4.69) is 39.1 Å². The molecule has 1 amide bonds. The maximum absolute atomic E-state index is 12.3. The van der Waals surface area contributed by atoms with Crippen molar-refractivity contribution in [3.63, 3.8) is 0 Å². The minimum atomic E-state index is 0.0441. The fourth-order valence-electron chi connectivity index (χ4n) is 2.60. The quantitative estimate of drug-likeness (QED) is 0.754. The average Bonchev–Trinajstić information content (AvgIpc) is 3.31. The van der Waals surface area contributed by atoms with Gasteiger partial charge in [-0.05, 0) is 24.8 Å². The number of aromatic nitrogens is 3. The van der Waals surface area contributed by atoms with E-state index in [9.17, 15) is 4.79 Å². The van der Waals surface area contributed by atoms with Gasteiger partial charge >= 0.3 is 0 Å². The van der Waals surface area contributed by atoms with Gasteiger partial charge in [-0.2, -0.15) is 0 Å². The van der Waals surface area contributed by atoms with Crippen molar-refractivity contribution in [2.24, 2.45) is 0 Å². The first-order valence-electron chi connectivity index (χ1n) is 8.14. The zero-order chi connectivity index (χ0) is 16.1. The lowest BCUT2D eigenvalue weighted by Gasteiger charge is -2.18. The predicted molar refractivity (Wildman–Crippen MR) is 91.3 cm³/mol. The van der Waals surface area contributed by atoms with Gasteiger partial charge in [0, 0.05) is 6.04 Å². The van der Waals surface area contributed by atoms with Crippen LogP contribution in [0.4, 0.5) is 0 Å². The molecule has 1 unspecified atom stereocenters. The molecule has 1 saturated carbocycles. The third-order valence-electron chi connectivity index (χ3n) is 3.93. The summed E-state index contributed by atoms with van der Waals surface area (Å²) in [6.45, 7) is 2.13. The van der Waals surface area contributed by atoms with Gasteiger partial charge in [-0.1, -0.05) is 55.4 Å². The number of hydrogen-bond donors (Lipinski definition) is 1. The van der Waals surface area contributed by atoms with Crippen LogP contribution in [0.1, 0.15) is 50.3 Å². The first-order valence-corrected chi connectivity index (χ1v) is 9.13. The van der Waals surface area contributed by atoms with Crippen molar-refractivity contribution < 1.29 is 4.79 Å². The van der Waals surface area contributed by atoms with Crippen molar-refractivity contribution in [3.8, 4) is 0 Å². The molecular formula is C17H22N4OS. The number of benzene rings is 1. The smallest absolute Gasteiger partial charge is 0.230 e. The predicted octanol–water partition coefficient (Wildman–Crippen LogP) is 3.36. The van der Waals surface area contributed by atoms with Gasteiger partial charge in [-0.25, -0.2) is 0 Å². The molecule has 1 heterocycles. The van der Waals surface area contributed by atoms with Crippen molar-refractivity contribution in [1.29, 1.82) is 0 Å². The fraction of sp³-hybridized carbons (Fsp3) is 0.471. The molecule has 0 spiro atoms. The molecule has 0 aliphatic heterocycles. The summed E-state index contributed by atoms with van der Waals surface area (Å²) in [6, 6.07) is 10.8. The molecule has 1 aromatic carbocycles. The first-order chi connectivity index (χ1) is 11.3. The van der Waals surface area contributed by atoms with Gasteiger partial charge in [-0.3, -0.25) is 4.79 Å². The van der Waals surface area contributed by atoms with Gasteiger partial charge in [0.1, 0.15) is 6.33 Å². The number of hydrogen-bond acceptors (Lipinski definition) is 4. The maximum atomic E-state index is 12.3. The highest BCUT2D eigenvalue weighted by atomic mass is 32.2. The number of nitrogens with one attached hydrogen (secondary N) is 1. The Morgan fingerprint density at radius 1 is 1.39 bits per heavy atom. The molecule has 1 aromatic heterocycles. The molecule has 0 bridgehead atoms. The maximum Gasteiger partial charge on any atom is 0.230 e. The van der Waals surface area contributed by atoms with Gasteiger partial charge in [0.2, 0.25) is 5.91 Å². The van der Waals surface area contributed by atoms with Crippen LogP contribution < -0.4 is 5.32 Å². The van der Waals surface area contributed by atoms with Crippen LogP contribution in [0.5, 0.6) is 0 Å². The van der Waals surface area contributed by atoms with E-state index in [-0.39, 0.29) is 11.9 Å². The minimum Gasteiger partial charge on any atom is -0.349 e. The zero-order valence-electron chi connectivity index (χ0n) is 13.3. The van der Waals surface area contributed by atoms with Gasteiger partial charge in [0.15, 0.2) is 5.16 Å². The lowest BCUT2D eigenvalue weighted by molar-refractivity contribution is -0.119. The molecule has 5 nitrogen and oxygen atoms in total. The molecule has 0 saturated heterocycles. The van der Waals surface area contributed by atoms with Crippen LogP contribution in [0.2, 0.25) is 0 Å². The summed E-state index contributed by atoms with van der Waals surface area (Å²) in [4.78, 5) is 12.3. The van der Waals surface area contributed by atoms with E-state index in [1.807, 2.05) is 18.2 Å². The van der Waals surface area contributed by atoms with E-state index in [0.29, 0.717) is 11.8 Å². The molecule has 1 atom stereocenters. The average molecular weight is 330 g/mol. The Labute approximate surface area is 140 Å². The number of nitrogens with zero attached hydrogens (tertiary/aromatic N) is 3. The number of amides is 1. The molecule has 23 heavy (non-hydrogen) atoms. The number of carbonyl (C=O) groups excluding carboxylic acids is 1. The third-order valence-corrected chi connectivity index (χ3v) is 4.88. The van der Waals surface area contributed by atoms with Crippen LogP contribution in [0.3, 0.4) is 0 Å². The summed E-state index contributed by atoms with van der Waals surface area (Å²) < 4.78 is 2.08. The van der Waals surface area contributed by atoms with Crippen LogP contribution in [0.25, 0.3) is 0 Å². The fourth-order valence-corrected chi connectivity index (χ4v) is 3.39. The zero-order valence-corrected chi connectivity index (χ0v) is 14.1. The summed E-state index contributed by atoms with van der Waals surface area (Å²) in [5.74, 6) is 0.418. The van der Waals surface area contributed by atoms with E-state index in [1.54, 1.807) is 6.33 Å². The summed E-state index contributed by atoms with van der Waals surface area (Å²) in [7, 11) is 0. The van der Waals surface area contributed by atoms with Crippen molar-refractivity contribution >= 4 is 17.7 Å². The van der Waals surface area contributed by atoms with Crippen molar-refractivity contribution in [1.82, 2.24) is 20.1 Å². The van der Waals surface area contributed by atoms with Crippen molar-refractivity contribution in [3.05, 3.63) is 42.2 Å². The number of rotatable bonds is 8. The first kappa shape index (κ1) is 16.1. The summed E-state index contributed by atoms with van der Waals surface area (Å²) in [5.41, 5.74) is 1.16. The molecule has 2 aromatic rings. The van der Waals surface area contributed by atoms with Crippen LogP contribution in [-0.2, 0) is 4.79 Å². The Balaban J connectivity index is 1.55. The van der Waals surface area contributed by atoms with Gasteiger partial charge in [-0.15, -0.1) is 10.2 Å². The van der Waals surface area contributed by atoms with Gasteiger partial charge in [0.25, 0.3) is 0 Å². The molecule has 1 aliphatic carbocycles. The van der Waals surface area contributed by atoms with E-state index in [1.165, 1.54) is 24.6 Å². The third kappa shape index (κ3) is 4.34. The van der Waals surface area contributed by atoms with Crippen LogP contribution in [0, 0.1) is 0 Å². The molecular weight excluding hydrogens is 308 g/mol. The molecule has 0 radical (unpaired) electrons. The number of thioether (sulfide) groups is 1. The molecule has 1 N–H and O–H groups in total. The minimum absolute atomic E-state index is 0.0441. The highest BCUT2D eigenvalue weighted by Gasteiger charge is 2.26. The second-order valence-corrected chi connectivity index (χ2v) is 6.80. The Hall–Kier alpha value is -1.82. The topological polar surface area (TPSA) is 59.8 Å². The molecule has 3 rings (SSSR count). The second-order valence-electron chi connectivity index (χ2n) is 5.86.